The zero-order valence-electron chi connectivity index (χ0n) is 19.5. The van der Waals surface area contributed by atoms with Crippen molar-refractivity contribution < 1.29 is 37.3 Å². The van der Waals surface area contributed by atoms with Crippen LogP contribution < -0.4 is 14.4 Å². The largest absolute Gasteiger partial charge is 0.573 e. The quantitative estimate of drug-likeness (QED) is 0.362. The first-order valence-electron chi connectivity index (χ1n) is 11.6. The lowest BCUT2D eigenvalue weighted by Gasteiger charge is -2.17. The Balaban J connectivity index is 1.32. The molecule has 3 aromatic rings. The molecule has 192 valence electrons. The van der Waals surface area contributed by atoms with Gasteiger partial charge in [-0.15, -0.1) is 24.9 Å². The average Bonchev–Trinajstić information content (AvgIpc) is 3.47. The van der Waals surface area contributed by atoms with Crippen LogP contribution in [0.3, 0.4) is 0 Å². The Hall–Kier alpha value is -3.66. The molecule has 1 N–H and O–H groups in total. The number of halogens is 3. The number of carbonyl (C=O) groups excluding carboxylic acids is 1. The maximum Gasteiger partial charge on any atom is 0.573 e. The number of carboxylic acid groups (broad SMARTS) is 1. The molecule has 1 amide bonds. The Kier molecular flexibility index (Phi) is 6.76. The lowest BCUT2D eigenvalue weighted by molar-refractivity contribution is -0.274. The summed E-state index contributed by atoms with van der Waals surface area (Å²) in [6, 6.07) is 14.6. The summed E-state index contributed by atoms with van der Waals surface area (Å²) in [6.45, 7) is -0.0534. The molecule has 0 radical (unpaired) electrons. The molecule has 3 aromatic carbocycles. The molecular weight excluding hydrogens is 507 g/mol. The lowest BCUT2D eigenvalue weighted by Crippen LogP contribution is -2.23. The first-order chi connectivity index (χ1) is 17.7. The molecule has 6 nitrogen and oxygen atoms in total. The third-order valence-electron chi connectivity index (χ3n) is 6.38. The number of nitrogens with zero attached hydrogens (tertiary/aromatic N) is 1. The molecule has 0 saturated carbocycles. The monoisotopic (exact) mass is 529 g/mol. The molecule has 1 heterocycles. The number of carbonyl (C=O) groups is 2. The van der Waals surface area contributed by atoms with Crippen LogP contribution in [0, 0.1) is 0 Å². The molecule has 0 atom stereocenters. The third kappa shape index (κ3) is 5.39. The van der Waals surface area contributed by atoms with Gasteiger partial charge in [0.05, 0.1) is 6.54 Å². The molecule has 2 aliphatic rings. The standard InChI is InChI=1S/C27H22F3NO5S/c28-27(29,30)36-18-9-7-17(8-10-18)31-13-22-16(3-1-6-21(22)26(31)34)15-37-24-12-11-23(35-14-25(32)33)19-4-2-5-20(19)24/h1,3,6-12H,2,4-5,13-15H2,(H,32,33). The Morgan fingerprint density at radius 1 is 1.00 bits per heavy atom. The van der Waals surface area contributed by atoms with Gasteiger partial charge < -0.3 is 19.5 Å². The number of hydrogen-bond acceptors (Lipinski definition) is 5. The maximum atomic E-state index is 13.1. The summed E-state index contributed by atoms with van der Waals surface area (Å²) in [6.07, 6.45) is -2.06. The normalized spacial score (nSPS) is 14.5. The van der Waals surface area contributed by atoms with E-state index >= 15 is 0 Å². The van der Waals surface area contributed by atoms with Crippen LogP contribution in [0.25, 0.3) is 0 Å². The predicted molar refractivity (Wildman–Crippen MR) is 131 cm³/mol. The average molecular weight is 530 g/mol. The van der Waals surface area contributed by atoms with Crippen molar-refractivity contribution in [3.05, 3.63) is 82.4 Å². The van der Waals surface area contributed by atoms with Crippen LogP contribution in [0.1, 0.15) is 39.0 Å². The van der Waals surface area contributed by atoms with Gasteiger partial charge in [0.15, 0.2) is 6.61 Å². The van der Waals surface area contributed by atoms with Gasteiger partial charge in [0.2, 0.25) is 0 Å². The zero-order valence-corrected chi connectivity index (χ0v) is 20.3. The Labute approximate surface area is 215 Å². The number of benzene rings is 3. The van der Waals surface area contributed by atoms with Crippen LogP contribution in [0.15, 0.2) is 59.5 Å². The fourth-order valence-corrected chi connectivity index (χ4v) is 5.92. The Morgan fingerprint density at radius 3 is 2.49 bits per heavy atom. The highest BCUT2D eigenvalue weighted by Gasteiger charge is 2.32. The van der Waals surface area contributed by atoms with E-state index in [1.165, 1.54) is 29.8 Å². The van der Waals surface area contributed by atoms with E-state index in [-0.39, 0.29) is 18.3 Å². The number of rotatable bonds is 8. The van der Waals surface area contributed by atoms with E-state index in [4.69, 9.17) is 9.84 Å². The molecule has 0 spiro atoms. The highest BCUT2D eigenvalue weighted by molar-refractivity contribution is 7.98. The topological polar surface area (TPSA) is 76.1 Å². The number of carboxylic acids is 1. The number of fused-ring (bicyclic) bond motifs is 2. The molecule has 0 fully saturated rings. The van der Waals surface area contributed by atoms with Gasteiger partial charge >= 0.3 is 12.3 Å². The van der Waals surface area contributed by atoms with Gasteiger partial charge in [-0.25, -0.2) is 4.79 Å². The summed E-state index contributed by atoms with van der Waals surface area (Å²) in [5.74, 6) is -0.314. The van der Waals surface area contributed by atoms with Crippen molar-refractivity contribution in [2.45, 2.75) is 42.8 Å². The number of alkyl halides is 3. The fourth-order valence-electron chi connectivity index (χ4n) is 4.77. The van der Waals surface area contributed by atoms with E-state index in [2.05, 4.69) is 4.74 Å². The van der Waals surface area contributed by atoms with Crippen molar-refractivity contribution in [1.29, 1.82) is 0 Å². The van der Waals surface area contributed by atoms with Gasteiger partial charge in [0, 0.05) is 21.9 Å². The van der Waals surface area contributed by atoms with Crippen molar-refractivity contribution in [3.8, 4) is 11.5 Å². The molecule has 0 saturated heterocycles. The summed E-state index contributed by atoms with van der Waals surface area (Å²) in [4.78, 5) is 26.6. The van der Waals surface area contributed by atoms with Crippen molar-refractivity contribution >= 4 is 29.3 Å². The second-order valence-electron chi connectivity index (χ2n) is 8.72. The third-order valence-corrected chi connectivity index (χ3v) is 7.53. The smallest absolute Gasteiger partial charge is 0.482 e. The summed E-state index contributed by atoms with van der Waals surface area (Å²) in [7, 11) is 0. The summed E-state index contributed by atoms with van der Waals surface area (Å²) >= 11 is 1.66. The van der Waals surface area contributed by atoms with Crippen molar-refractivity contribution in [3.63, 3.8) is 0 Å². The minimum absolute atomic E-state index is 0.202. The second-order valence-corrected chi connectivity index (χ2v) is 9.74. The van der Waals surface area contributed by atoms with Crippen LogP contribution >= 0.6 is 11.8 Å². The minimum atomic E-state index is -4.78. The molecular formula is C27H22F3NO5S. The first kappa shape index (κ1) is 25.0. The van der Waals surface area contributed by atoms with E-state index in [0.717, 1.165) is 40.8 Å². The van der Waals surface area contributed by atoms with Gasteiger partial charge in [0.1, 0.15) is 11.5 Å². The SMILES string of the molecule is O=C(O)COc1ccc(SCc2cccc3c2CN(c2ccc(OC(F)(F)F)cc2)C3=O)c2c1CCC2. The van der Waals surface area contributed by atoms with Crippen LogP contribution in [-0.4, -0.2) is 30.0 Å². The van der Waals surface area contributed by atoms with Crippen molar-refractivity contribution in [2.75, 3.05) is 11.5 Å². The number of amides is 1. The summed E-state index contributed by atoms with van der Waals surface area (Å²) in [5, 5.41) is 8.92. The zero-order chi connectivity index (χ0) is 26.2. The lowest BCUT2D eigenvalue weighted by atomic mass is 10.0. The van der Waals surface area contributed by atoms with Gasteiger partial charge in [-0.05, 0) is 84.0 Å². The molecule has 5 rings (SSSR count). The van der Waals surface area contributed by atoms with Crippen LogP contribution in [0.4, 0.5) is 18.9 Å². The van der Waals surface area contributed by atoms with Crippen molar-refractivity contribution in [2.24, 2.45) is 0 Å². The summed E-state index contributed by atoms with van der Waals surface area (Å²) in [5.41, 5.74) is 5.21. The Bertz CT molecular complexity index is 1360. The number of hydrogen-bond donors (Lipinski definition) is 1. The van der Waals surface area contributed by atoms with Crippen LogP contribution in [-0.2, 0) is 29.9 Å². The van der Waals surface area contributed by atoms with E-state index < -0.39 is 12.3 Å². The first-order valence-corrected chi connectivity index (χ1v) is 12.6. The molecule has 37 heavy (non-hydrogen) atoms. The molecule has 0 aromatic heterocycles. The minimum Gasteiger partial charge on any atom is -0.482 e. The molecule has 1 aliphatic heterocycles. The Morgan fingerprint density at radius 2 is 1.76 bits per heavy atom. The van der Waals surface area contributed by atoms with E-state index in [9.17, 15) is 22.8 Å². The van der Waals surface area contributed by atoms with E-state index in [0.29, 0.717) is 29.3 Å². The molecule has 0 bridgehead atoms. The highest BCUT2D eigenvalue weighted by Crippen LogP contribution is 2.40. The van der Waals surface area contributed by atoms with Gasteiger partial charge in [0.25, 0.3) is 5.91 Å². The number of aliphatic carboxylic acids is 1. The molecule has 0 unspecified atom stereocenters. The molecule has 1 aliphatic carbocycles. The van der Waals surface area contributed by atoms with E-state index in [1.54, 1.807) is 22.7 Å². The van der Waals surface area contributed by atoms with Crippen molar-refractivity contribution in [1.82, 2.24) is 0 Å². The number of thioether (sulfide) groups is 1. The highest BCUT2D eigenvalue weighted by atomic mass is 32.2. The number of anilines is 1. The summed E-state index contributed by atoms with van der Waals surface area (Å²) < 4.78 is 46.8. The van der Waals surface area contributed by atoms with Gasteiger partial charge in [-0.3, -0.25) is 4.79 Å². The fraction of sp³-hybridized carbons (Fsp3) is 0.259. The second kappa shape index (κ2) is 10.0. The molecule has 10 heteroatoms. The van der Waals surface area contributed by atoms with Crippen LogP contribution in [0.5, 0.6) is 11.5 Å². The van der Waals surface area contributed by atoms with Gasteiger partial charge in [-0.1, -0.05) is 12.1 Å². The maximum absolute atomic E-state index is 13.1. The predicted octanol–water partition coefficient (Wildman–Crippen LogP) is 5.99. The van der Waals surface area contributed by atoms with Gasteiger partial charge in [-0.2, -0.15) is 0 Å². The van der Waals surface area contributed by atoms with Crippen LogP contribution in [0.2, 0.25) is 0 Å². The van der Waals surface area contributed by atoms with E-state index in [1.807, 2.05) is 24.3 Å². The number of ether oxygens (including phenoxy) is 2.